The second kappa shape index (κ2) is 7.01. The fourth-order valence-electron chi connectivity index (χ4n) is 2.57. The number of nitrogens with zero attached hydrogens (tertiary/aromatic N) is 2. The van der Waals surface area contributed by atoms with Gasteiger partial charge in [-0.3, -0.25) is 9.69 Å². The molecule has 0 aliphatic carbocycles. The molecule has 4 rings (SSSR count). The molecule has 0 aliphatic heterocycles. The van der Waals surface area contributed by atoms with E-state index < -0.39 is 11.7 Å². The summed E-state index contributed by atoms with van der Waals surface area (Å²) in [5, 5.41) is 0.489. The highest BCUT2D eigenvalue weighted by Crippen LogP contribution is 2.32. The molecule has 130 valence electrons. The molecular formula is C19H12BrFN2O2S. The molecule has 0 bridgehead atoms. The van der Waals surface area contributed by atoms with Crippen LogP contribution in [0.3, 0.4) is 0 Å². The normalized spacial score (nSPS) is 11.0. The molecule has 0 saturated carbocycles. The molecule has 0 N–H and O–H groups in total. The first-order chi connectivity index (χ1) is 12.6. The third-order valence-corrected chi connectivity index (χ3v) is 5.35. The largest absolute Gasteiger partial charge is 0.467 e. The number of aromatic nitrogens is 1. The van der Waals surface area contributed by atoms with Crippen LogP contribution in [0.1, 0.15) is 16.1 Å². The second-order valence-electron chi connectivity index (χ2n) is 5.56. The number of carbonyl (C=O) groups is 1. The monoisotopic (exact) mass is 430 g/mol. The van der Waals surface area contributed by atoms with Crippen LogP contribution in [0.15, 0.2) is 69.8 Å². The molecule has 0 spiro atoms. The molecule has 2 heterocycles. The van der Waals surface area contributed by atoms with Crippen molar-refractivity contribution in [1.82, 2.24) is 4.98 Å². The van der Waals surface area contributed by atoms with Gasteiger partial charge in [-0.15, -0.1) is 0 Å². The Morgan fingerprint density at radius 2 is 2.04 bits per heavy atom. The Hall–Kier alpha value is -2.51. The first-order valence-electron chi connectivity index (χ1n) is 7.77. The van der Waals surface area contributed by atoms with E-state index in [9.17, 15) is 9.18 Å². The van der Waals surface area contributed by atoms with E-state index in [1.165, 1.54) is 34.6 Å². The molecule has 0 aliphatic rings. The average Bonchev–Trinajstić information content (AvgIpc) is 3.28. The Morgan fingerprint density at radius 3 is 2.81 bits per heavy atom. The van der Waals surface area contributed by atoms with Crippen LogP contribution >= 0.6 is 27.3 Å². The number of hydrogen-bond acceptors (Lipinski definition) is 4. The molecule has 0 atom stereocenters. The van der Waals surface area contributed by atoms with Crippen LogP contribution in [0.5, 0.6) is 0 Å². The molecule has 0 fully saturated rings. The Morgan fingerprint density at radius 1 is 1.19 bits per heavy atom. The van der Waals surface area contributed by atoms with Gasteiger partial charge in [-0.1, -0.05) is 39.4 Å². The fraction of sp³-hybridized carbons (Fsp3) is 0.0526. The summed E-state index contributed by atoms with van der Waals surface area (Å²) in [7, 11) is 0. The number of furan rings is 1. The third kappa shape index (κ3) is 3.27. The highest BCUT2D eigenvalue weighted by atomic mass is 79.9. The summed E-state index contributed by atoms with van der Waals surface area (Å²) in [5.74, 6) is -0.432. The fourth-order valence-corrected chi connectivity index (χ4v) is 4.08. The minimum Gasteiger partial charge on any atom is -0.467 e. The quantitative estimate of drug-likeness (QED) is 0.420. The topological polar surface area (TPSA) is 46.3 Å². The third-order valence-electron chi connectivity index (χ3n) is 3.81. The van der Waals surface area contributed by atoms with Gasteiger partial charge >= 0.3 is 0 Å². The first kappa shape index (κ1) is 16.9. The van der Waals surface area contributed by atoms with E-state index in [1.54, 1.807) is 24.3 Å². The standard InChI is InChI=1S/C19H12BrFN2O2S/c20-12-7-8-16-17(10-12)26-19(22-16)23(11-13-4-3-9-25-13)18(24)14-5-1-2-6-15(14)21/h1-10H,11H2. The molecular weight excluding hydrogens is 419 g/mol. The van der Waals surface area contributed by atoms with Gasteiger partial charge in [0.05, 0.1) is 28.6 Å². The van der Waals surface area contributed by atoms with Crippen molar-refractivity contribution in [3.63, 3.8) is 0 Å². The van der Waals surface area contributed by atoms with Crippen molar-refractivity contribution >= 4 is 48.5 Å². The van der Waals surface area contributed by atoms with E-state index >= 15 is 0 Å². The van der Waals surface area contributed by atoms with E-state index in [0.29, 0.717) is 10.9 Å². The minimum atomic E-state index is -0.564. The summed E-state index contributed by atoms with van der Waals surface area (Å²) in [6.45, 7) is 0.168. The summed E-state index contributed by atoms with van der Waals surface area (Å²) in [6.07, 6.45) is 1.54. The van der Waals surface area contributed by atoms with E-state index in [-0.39, 0.29) is 12.1 Å². The molecule has 0 unspecified atom stereocenters. The Bertz CT molecular complexity index is 1080. The van der Waals surface area contributed by atoms with Gasteiger partial charge in [0, 0.05) is 4.47 Å². The molecule has 26 heavy (non-hydrogen) atoms. The van der Waals surface area contributed by atoms with Crippen molar-refractivity contribution in [2.24, 2.45) is 0 Å². The maximum absolute atomic E-state index is 14.2. The first-order valence-corrected chi connectivity index (χ1v) is 9.37. The lowest BCUT2D eigenvalue weighted by molar-refractivity contribution is 0.0979. The number of benzene rings is 2. The van der Waals surface area contributed by atoms with Crippen LogP contribution in [0.4, 0.5) is 9.52 Å². The van der Waals surface area contributed by atoms with Crippen LogP contribution in [-0.2, 0) is 6.54 Å². The van der Waals surface area contributed by atoms with Crippen LogP contribution in [0.25, 0.3) is 10.2 Å². The van der Waals surface area contributed by atoms with E-state index in [1.807, 2.05) is 18.2 Å². The van der Waals surface area contributed by atoms with Crippen LogP contribution < -0.4 is 4.90 Å². The predicted molar refractivity (Wildman–Crippen MR) is 103 cm³/mol. The zero-order chi connectivity index (χ0) is 18.1. The number of carbonyl (C=O) groups excluding carboxylic acids is 1. The molecule has 7 heteroatoms. The van der Waals surface area contributed by atoms with Gasteiger partial charge in [0.15, 0.2) is 5.13 Å². The number of anilines is 1. The maximum atomic E-state index is 14.2. The summed E-state index contributed by atoms with van der Waals surface area (Å²) < 4.78 is 21.4. The Balaban J connectivity index is 1.79. The van der Waals surface area contributed by atoms with Crippen molar-refractivity contribution in [2.75, 3.05) is 4.90 Å². The number of amides is 1. The Labute approximate surface area is 161 Å². The molecule has 4 aromatic rings. The van der Waals surface area contributed by atoms with Gasteiger partial charge in [-0.25, -0.2) is 9.37 Å². The molecule has 1 amide bonds. The smallest absolute Gasteiger partial charge is 0.263 e. The van der Waals surface area contributed by atoms with Crippen molar-refractivity contribution in [3.05, 3.63) is 82.5 Å². The summed E-state index contributed by atoms with van der Waals surface area (Å²) in [5.41, 5.74) is 0.776. The van der Waals surface area contributed by atoms with Gasteiger partial charge in [-0.2, -0.15) is 0 Å². The van der Waals surface area contributed by atoms with E-state index in [0.717, 1.165) is 14.7 Å². The van der Waals surface area contributed by atoms with Crippen LogP contribution in [0, 0.1) is 5.82 Å². The lowest BCUT2D eigenvalue weighted by Gasteiger charge is -2.19. The molecule has 2 aromatic carbocycles. The van der Waals surface area contributed by atoms with E-state index in [4.69, 9.17) is 4.42 Å². The maximum Gasteiger partial charge on any atom is 0.263 e. The lowest BCUT2D eigenvalue weighted by Crippen LogP contribution is -2.30. The second-order valence-corrected chi connectivity index (χ2v) is 7.48. The van der Waals surface area contributed by atoms with Gasteiger partial charge in [0.1, 0.15) is 11.6 Å². The highest BCUT2D eigenvalue weighted by Gasteiger charge is 2.24. The number of fused-ring (bicyclic) bond motifs is 1. The average molecular weight is 431 g/mol. The van der Waals surface area contributed by atoms with Crippen LogP contribution in [0.2, 0.25) is 0 Å². The van der Waals surface area contributed by atoms with Crippen molar-refractivity contribution in [1.29, 1.82) is 0 Å². The highest BCUT2D eigenvalue weighted by molar-refractivity contribution is 9.10. The van der Waals surface area contributed by atoms with Gasteiger partial charge in [0.2, 0.25) is 0 Å². The summed E-state index contributed by atoms with van der Waals surface area (Å²) in [4.78, 5) is 19.0. The van der Waals surface area contributed by atoms with Crippen molar-refractivity contribution in [3.8, 4) is 0 Å². The van der Waals surface area contributed by atoms with Crippen molar-refractivity contribution in [2.45, 2.75) is 6.54 Å². The molecule has 2 aromatic heterocycles. The summed E-state index contributed by atoms with van der Waals surface area (Å²) >= 11 is 4.81. The molecule has 4 nitrogen and oxygen atoms in total. The Kier molecular flexibility index (Phi) is 4.57. The lowest BCUT2D eigenvalue weighted by atomic mass is 10.2. The zero-order valence-electron chi connectivity index (χ0n) is 13.4. The number of rotatable bonds is 4. The molecule has 0 saturated heterocycles. The van der Waals surface area contributed by atoms with Crippen LogP contribution in [-0.4, -0.2) is 10.9 Å². The number of hydrogen-bond donors (Lipinski definition) is 0. The van der Waals surface area contributed by atoms with Gasteiger partial charge in [-0.05, 0) is 42.5 Å². The number of halogens is 2. The summed E-state index contributed by atoms with van der Waals surface area (Å²) in [6, 6.07) is 15.1. The zero-order valence-corrected chi connectivity index (χ0v) is 15.8. The predicted octanol–water partition coefficient (Wildman–Crippen LogP) is 5.64. The van der Waals surface area contributed by atoms with Gasteiger partial charge < -0.3 is 4.42 Å². The SMILES string of the molecule is O=C(c1ccccc1F)N(Cc1ccco1)c1nc2ccc(Br)cc2s1. The van der Waals surface area contributed by atoms with E-state index in [2.05, 4.69) is 20.9 Å². The van der Waals surface area contributed by atoms with Gasteiger partial charge in [0.25, 0.3) is 5.91 Å². The van der Waals surface area contributed by atoms with Crippen molar-refractivity contribution < 1.29 is 13.6 Å². The minimum absolute atomic E-state index is 0.000470. The number of thiazole rings is 1. The molecule has 0 radical (unpaired) electrons.